The second-order valence-electron chi connectivity index (χ2n) is 6.82. The number of halogens is 3. The van der Waals surface area contributed by atoms with Gasteiger partial charge in [-0.15, -0.1) is 13.2 Å². The second-order valence-corrected chi connectivity index (χ2v) is 6.82. The maximum atomic E-state index is 12.4. The van der Waals surface area contributed by atoms with Crippen molar-refractivity contribution in [3.8, 4) is 17.5 Å². The highest BCUT2D eigenvalue weighted by atomic mass is 19.4. The summed E-state index contributed by atoms with van der Waals surface area (Å²) in [6.45, 7) is 0.953. The number of nitrogens with one attached hydrogen (secondary N) is 1. The van der Waals surface area contributed by atoms with Crippen LogP contribution in [0.2, 0.25) is 0 Å². The molecule has 31 heavy (non-hydrogen) atoms. The first-order valence-corrected chi connectivity index (χ1v) is 9.09. The van der Waals surface area contributed by atoms with Crippen LogP contribution >= 0.6 is 0 Å². The van der Waals surface area contributed by atoms with Gasteiger partial charge in [-0.25, -0.2) is 14.5 Å². The molecule has 1 aromatic carbocycles. The van der Waals surface area contributed by atoms with Gasteiger partial charge >= 0.3 is 12.5 Å². The fourth-order valence-corrected chi connectivity index (χ4v) is 3.37. The lowest BCUT2D eigenvalue weighted by atomic mass is 10.0. The molecule has 12 heteroatoms. The maximum absolute atomic E-state index is 12.4. The summed E-state index contributed by atoms with van der Waals surface area (Å²) in [6.07, 6.45) is -4.47. The lowest BCUT2D eigenvalue weighted by Gasteiger charge is -2.37. The number of nitrogens with zero attached hydrogens (tertiary/aromatic N) is 5. The molecule has 2 N–H and O–H groups in total. The number of rotatable bonds is 5. The Bertz CT molecular complexity index is 1160. The summed E-state index contributed by atoms with van der Waals surface area (Å²) >= 11 is 0. The van der Waals surface area contributed by atoms with E-state index in [1.54, 1.807) is 12.3 Å². The van der Waals surface area contributed by atoms with Crippen LogP contribution in [-0.4, -0.2) is 45.4 Å². The van der Waals surface area contributed by atoms with Crippen LogP contribution < -0.4 is 15.0 Å². The number of alkyl halides is 3. The van der Waals surface area contributed by atoms with Crippen LogP contribution in [0, 0.1) is 17.2 Å². The summed E-state index contributed by atoms with van der Waals surface area (Å²) in [6, 6.07) is 9.05. The Hall–Kier alpha value is -4.01. The predicted octanol–water partition coefficient (Wildman–Crippen LogP) is 3.05. The molecule has 1 saturated heterocycles. The predicted molar refractivity (Wildman–Crippen MR) is 102 cm³/mol. The summed E-state index contributed by atoms with van der Waals surface area (Å²) in [5.74, 6) is -0.475. The van der Waals surface area contributed by atoms with Crippen LogP contribution in [-0.2, 0) is 6.54 Å². The van der Waals surface area contributed by atoms with Gasteiger partial charge in [0.15, 0.2) is 5.65 Å². The first-order chi connectivity index (χ1) is 14.7. The number of amides is 1. The Labute approximate surface area is 173 Å². The molecule has 3 heterocycles. The van der Waals surface area contributed by atoms with E-state index in [1.165, 1.54) is 16.8 Å². The van der Waals surface area contributed by atoms with Gasteiger partial charge in [0, 0.05) is 19.3 Å². The van der Waals surface area contributed by atoms with Crippen LogP contribution in [0.15, 0.2) is 36.5 Å². The number of hydrogen-bond acceptors (Lipinski definition) is 6. The molecule has 0 radical (unpaired) electrons. The fourth-order valence-electron chi connectivity index (χ4n) is 3.37. The van der Waals surface area contributed by atoms with Crippen LogP contribution in [0.5, 0.6) is 5.75 Å². The number of pyridine rings is 1. The Kier molecular flexibility index (Phi) is 5.02. The number of benzene rings is 1. The average Bonchev–Trinajstić information content (AvgIpc) is 3.04. The molecule has 0 saturated carbocycles. The van der Waals surface area contributed by atoms with Gasteiger partial charge in [-0.05, 0) is 30.3 Å². The van der Waals surface area contributed by atoms with Crippen LogP contribution in [0.25, 0.3) is 16.7 Å². The highest BCUT2D eigenvalue weighted by Crippen LogP contribution is 2.34. The van der Waals surface area contributed by atoms with Crippen molar-refractivity contribution in [1.29, 1.82) is 5.26 Å². The molecular formula is C19H15F3N6O3. The van der Waals surface area contributed by atoms with E-state index in [0.717, 1.165) is 17.8 Å². The van der Waals surface area contributed by atoms with E-state index in [2.05, 4.69) is 26.2 Å². The van der Waals surface area contributed by atoms with Crippen molar-refractivity contribution in [2.75, 3.05) is 18.0 Å². The number of carboxylic acid groups (broad SMARTS) is 1. The Morgan fingerprint density at radius 1 is 1.29 bits per heavy atom. The second kappa shape index (κ2) is 7.67. The number of fused-ring (bicyclic) bond motifs is 1. The fraction of sp³-hybridized carbons (Fsp3) is 0.263. The Morgan fingerprint density at radius 2 is 2.00 bits per heavy atom. The molecule has 1 fully saturated rings. The molecule has 0 aliphatic carbocycles. The van der Waals surface area contributed by atoms with E-state index in [0.29, 0.717) is 35.5 Å². The average molecular weight is 432 g/mol. The minimum atomic E-state index is -4.80. The zero-order valence-electron chi connectivity index (χ0n) is 15.8. The van der Waals surface area contributed by atoms with E-state index >= 15 is 0 Å². The van der Waals surface area contributed by atoms with E-state index in [9.17, 15) is 18.0 Å². The molecule has 9 nitrogen and oxygen atoms in total. The summed E-state index contributed by atoms with van der Waals surface area (Å²) < 4.78 is 42.5. The summed E-state index contributed by atoms with van der Waals surface area (Å²) in [5.41, 5.74) is 1.98. The zero-order valence-corrected chi connectivity index (χ0v) is 15.8. The Balaban J connectivity index is 1.75. The molecule has 0 unspecified atom stereocenters. The van der Waals surface area contributed by atoms with Crippen molar-refractivity contribution in [2.24, 2.45) is 5.92 Å². The van der Waals surface area contributed by atoms with Crippen molar-refractivity contribution in [3.05, 3.63) is 42.2 Å². The summed E-state index contributed by atoms with van der Waals surface area (Å²) in [4.78, 5) is 17.3. The normalized spacial score (nSPS) is 14.2. The zero-order chi connectivity index (χ0) is 22.2. The lowest BCUT2D eigenvalue weighted by molar-refractivity contribution is -0.274. The highest BCUT2D eigenvalue weighted by molar-refractivity contribution is 5.93. The number of nitriles is 1. The van der Waals surface area contributed by atoms with E-state index in [4.69, 9.17) is 10.4 Å². The van der Waals surface area contributed by atoms with E-state index in [1.807, 2.05) is 4.90 Å². The third kappa shape index (κ3) is 4.16. The molecule has 1 amide bonds. The van der Waals surface area contributed by atoms with Gasteiger partial charge < -0.3 is 20.1 Å². The molecule has 160 valence electrons. The molecule has 1 aliphatic rings. The van der Waals surface area contributed by atoms with Gasteiger partial charge in [0.2, 0.25) is 0 Å². The van der Waals surface area contributed by atoms with E-state index in [-0.39, 0.29) is 18.2 Å². The molecule has 3 aromatic rings. The molecule has 4 rings (SSSR count). The molecule has 1 aliphatic heterocycles. The SMILES string of the molecule is N#CC1CN(c2ccnc3c2c(CNC(=O)O)nn3-c2ccc(OC(F)(F)F)cc2)C1. The van der Waals surface area contributed by atoms with Gasteiger partial charge in [0.25, 0.3) is 0 Å². The molecular weight excluding hydrogens is 417 g/mol. The van der Waals surface area contributed by atoms with Crippen molar-refractivity contribution < 1.29 is 27.8 Å². The first kappa shape index (κ1) is 20.3. The third-order valence-corrected chi connectivity index (χ3v) is 4.75. The molecule has 0 atom stereocenters. The van der Waals surface area contributed by atoms with Crippen molar-refractivity contribution >= 4 is 22.8 Å². The minimum absolute atomic E-state index is 0.0949. The summed E-state index contributed by atoms with van der Waals surface area (Å²) in [5, 5.41) is 25.4. The maximum Gasteiger partial charge on any atom is 0.573 e. The number of ether oxygens (including phenoxy) is 1. The molecule has 2 aromatic heterocycles. The topological polar surface area (TPSA) is 116 Å². The van der Waals surface area contributed by atoms with Crippen LogP contribution in [0.4, 0.5) is 23.7 Å². The summed E-state index contributed by atoms with van der Waals surface area (Å²) in [7, 11) is 0. The van der Waals surface area contributed by atoms with Crippen molar-refractivity contribution in [2.45, 2.75) is 12.9 Å². The number of anilines is 1. The molecule has 0 spiro atoms. The van der Waals surface area contributed by atoms with Gasteiger partial charge in [0.1, 0.15) is 5.75 Å². The molecule has 0 bridgehead atoms. The monoisotopic (exact) mass is 432 g/mol. The van der Waals surface area contributed by atoms with Gasteiger partial charge in [-0.2, -0.15) is 10.4 Å². The largest absolute Gasteiger partial charge is 0.573 e. The smallest absolute Gasteiger partial charge is 0.465 e. The number of hydrogen-bond donors (Lipinski definition) is 2. The number of aromatic nitrogens is 3. The quantitative estimate of drug-likeness (QED) is 0.637. The van der Waals surface area contributed by atoms with Crippen LogP contribution in [0.1, 0.15) is 5.69 Å². The van der Waals surface area contributed by atoms with Gasteiger partial charge in [0.05, 0.1) is 41.0 Å². The van der Waals surface area contributed by atoms with Crippen molar-refractivity contribution in [1.82, 2.24) is 20.1 Å². The standard InChI is InChI=1S/C19H15F3N6O3/c20-19(21,22)31-13-3-1-12(2-4-13)28-17-16(14(26-28)8-25-18(29)30)15(5-6-24-17)27-9-11(7-23)10-27/h1-6,11,25H,8-10H2,(H,29,30). The van der Waals surface area contributed by atoms with Crippen molar-refractivity contribution in [3.63, 3.8) is 0 Å². The Morgan fingerprint density at radius 3 is 2.61 bits per heavy atom. The van der Waals surface area contributed by atoms with Crippen LogP contribution in [0.3, 0.4) is 0 Å². The lowest BCUT2D eigenvalue weighted by Crippen LogP contribution is -2.46. The minimum Gasteiger partial charge on any atom is -0.465 e. The highest BCUT2D eigenvalue weighted by Gasteiger charge is 2.31. The third-order valence-electron chi connectivity index (χ3n) is 4.75. The first-order valence-electron chi connectivity index (χ1n) is 9.09. The van der Waals surface area contributed by atoms with Gasteiger partial charge in [-0.1, -0.05) is 0 Å². The number of carbonyl (C=O) groups is 1. The van der Waals surface area contributed by atoms with E-state index < -0.39 is 12.5 Å². The van der Waals surface area contributed by atoms with Gasteiger partial charge in [-0.3, -0.25) is 0 Å².